The van der Waals surface area contributed by atoms with Gasteiger partial charge in [0.1, 0.15) is 11.6 Å². The van der Waals surface area contributed by atoms with Gasteiger partial charge in [-0.15, -0.1) is 11.8 Å². The number of hydrogen-bond acceptors (Lipinski definition) is 6. The molecule has 0 aromatic heterocycles. The second-order valence-corrected chi connectivity index (χ2v) is 8.95. The number of rotatable bonds is 8. The molecule has 2 aromatic carbocycles. The van der Waals surface area contributed by atoms with Crippen LogP contribution < -0.4 is 10.6 Å². The number of esters is 1. The van der Waals surface area contributed by atoms with Crippen LogP contribution in [0, 0.1) is 0 Å². The molecule has 162 valence electrons. The Balaban J connectivity index is 2.04. The average Bonchev–Trinajstić information content (AvgIpc) is 2.70. The van der Waals surface area contributed by atoms with E-state index >= 15 is 0 Å². The van der Waals surface area contributed by atoms with Gasteiger partial charge in [-0.3, -0.25) is 0 Å². The van der Waals surface area contributed by atoms with Crippen molar-refractivity contribution < 1.29 is 19.1 Å². The summed E-state index contributed by atoms with van der Waals surface area (Å²) in [6, 6.07) is 14.7. The Kier molecular flexibility index (Phi) is 8.87. The van der Waals surface area contributed by atoms with E-state index in [0.29, 0.717) is 10.7 Å². The first kappa shape index (κ1) is 23.9. The van der Waals surface area contributed by atoms with Gasteiger partial charge in [0.25, 0.3) is 0 Å². The third-order valence-electron chi connectivity index (χ3n) is 3.84. The Morgan fingerprint density at radius 2 is 1.83 bits per heavy atom. The van der Waals surface area contributed by atoms with Gasteiger partial charge in [-0.05, 0) is 44.5 Å². The maximum Gasteiger partial charge on any atom is 0.407 e. The summed E-state index contributed by atoms with van der Waals surface area (Å²) in [6.07, 6.45) is -0.603. The smallest absolute Gasteiger partial charge is 0.407 e. The number of thioether (sulfide) groups is 1. The zero-order valence-corrected chi connectivity index (χ0v) is 19.1. The van der Waals surface area contributed by atoms with E-state index in [2.05, 4.69) is 22.8 Å². The SMILES string of the molecule is COC(=O)C(CNC(=O)OC(C)(C)C)Nc1ccc(Cl)c(SCc2ccccc2)c1. The zero-order chi connectivity index (χ0) is 22.1. The molecular weight excluding hydrogens is 424 g/mol. The van der Waals surface area contributed by atoms with E-state index in [1.165, 1.54) is 12.7 Å². The number of alkyl carbamates (subject to hydrolysis) is 1. The molecule has 2 N–H and O–H groups in total. The van der Waals surface area contributed by atoms with Crippen molar-refractivity contribution in [2.24, 2.45) is 0 Å². The number of amides is 1. The lowest BCUT2D eigenvalue weighted by Gasteiger charge is -2.22. The van der Waals surface area contributed by atoms with Crippen LogP contribution in [0.25, 0.3) is 0 Å². The van der Waals surface area contributed by atoms with Crippen molar-refractivity contribution in [1.29, 1.82) is 0 Å². The van der Waals surface area contributed by atoms with Crippen LogP contribution in [0.3, 0.4) is 0 Å². The molecule has 8 heteroatoms. The Morgan fingerprint density at radius 1 is 1.13 bits per heavy atom. The number of methoxy groups -OCH3 is 1. The van der Waals surface area contributed by atoms with Crippen LogP contribution in [0.4, 0.5) is 10.5 Å². The number of anilines is 1. The number of ether oxygens (including phenoxy) is 2. The summed E-state index contributed by atoms with van der Waals surface area (Å²) in [5.74, 6) is 0.268. The van der Waals surface area contributed by atoms with Gasteiger partial charge in [-0.1, -0.05) is 41.9 Å². The Morgan fingerprint density at radius 3 is 2.47 bits per heavy atom. The first-order chi connectivity index (χ1) is 14.2. The molecule has 0 fully saturated rings. The number of benzene rings is 2. The first-order valence-corrected chi connectivity index (χ1v) is 10.8. The minimum absolute atomic E-state index is 0.0106. The molecule has 1 amide bonds. The van der Waals surface area contributed by atoms with E-state index in [4.69, 9.17) is 21.1 Å². The summed E-state index contributed by atoms with van der Waals surface area (Å²) in [7, 11) is 1.30. The quantitative estimate of drug-likeness (QED) is 0.430. The second-order valence-electron chi connectivity index (χ2n) is 7.52. The van der Waals surface area contributed by atoms with E-state index in [9.17, 15) is 9.59 Å². The van der Waals surface area contributed by atoms with Crippen molar-refractivity contribution in [3.05, 3.63) is 59.1 Å². The largest absolute Gasteiger partial charge is 0.467 e. The highest BCUT2D eigenvalue weighted by Gasteiger charge is 2.22. The zero-order valence-electron chi connectivity index (χ0n) is 17.5. The molecule has 0 aliphatic rings. The number of carbonyl (C=O) groups is 2. The first-order valence-electron chi connectivity index (χ1n) is 9.45. The molecule has 2 rings (SSSR count). The van der Waals surface area contributed by atoms with Crippen molar-refractivity contribution in [3.8, 4) is 0 Å². The van der Waals surface area contributed by atoms with Crippen molar-refractivity contribution in [2.75, 3.05) is 19.0 Å². The standard InChI is InChI=1S/C22H27ClN2O4S/c1-22(2,3)29-21(27)24-13-18(20(26)28-4)25-16-10-11-17(23)19(12-16)30-14-15-8-6-5-7-9-15/h5-12,18,25H,13-14H2,1-4H3,(H,24,27). The molecule has 0 heterocycles. The van der Waals surface area contributed by atoms with Gasteiger partial charge in [0.15, 0.2) is 0 Å². The molecule has 0 aliphatic carbocycles. The van der Waals surface area contributed by atoms with E-state index < -0.39 is 23.7 Å². The predicted octanol–water partition coefficient (Wildman–Crippen LogP) is 5.11. The average molecular weight is 451 g/mol. The summed E-state index contributed by atoms with van der Waals surface area (Å²) in [5.41, 5.74) is 1.25. The minimum atomic E-state index is -0.782. The Bertz CT molecular complexity index is 856. The highest BCUT2D eigenvalue weighted by atomic mass is 35.5. The lowest BCUT2D eigenvalue weighted by atomic mass is 10.2. The normalized spacial score (nSPS) is 12.0. The van der Waals surface area contributed by atoms with Gasteiger partial charge in [0, 0.05) is 16.3 Å². The predicted molar refractivity (Wildman–Crippen MR) is 121 cm³/mol. The van der Waals surface area contributed by atoms with Crippen LogP contribution in [-0.4, -0.2) is 37.4 Å². The maximum atomic E-state index is 12.2. The number of carbonyl (C=O) groups excluding carboxylic acids is 2. The van der Waals surface area contributed by atoms with Gasteiger partial charge in [-0.25, -0.2) is 9.59 Å². The molecule has 0 radical (unpaired) electrons. The van der Waals surface area contributed by atoms with Crippen LogP contribution in [-0.2, 0) is 20.0 Å². The van der Waals surface area contributed by atoms with E-state index in [1.807, 2.05) is 24.3 Å². The summed E-state index contributed by atoms with van der Waals surface area (Å²) < 4.78 is 10.1. The van der Waals surface area contributed by atoms with Crippen molar-refractivity contribution in [2.45, 2.75) is 43.1 Å². The van der Waals surface area contributed by atoms with Gasteiger partial charge in [0.2, 0.25) is 0 Å². The molecule has 30 heavy (non-hydrogen) atoms. The van der Waals surface area contributed by atoms with Gasteiger partial charge in [-0.2, -0.15) is 0 Å². The van der Waals surface area contributed by atoms with Gasteiger partial charge >= 0.3 is 12.1 Å². The highest BCUT2D eigenvalue weighted by Crippen LogP contribution is 2.32. The summed E-state index contributed by atoms with van der Waals surface area (Å²) >= 11 is 7.94. The van der Waals surface area contributed by atoms with Crippen molar-refractivity contribution in [1.82, 2.24) is 5.32 Å². The van der Waals surface area contributed by atoms with E-state index in [0.717, 1.165) is 10.6 Å². The maximum absolute atomic E-state index is 12.2. The third kappa shape index (κ3) is 8.16. The molecular formula is C22H27ClN2O4S. The molecule has 1 unspecified atom stereocenters. The molecule has 0 aliphatic heterocycles. The topological polar surface area (TPSA) is 76.7 Å². The minimum Gasteiger partial charge on any atom is -0.467 e. The Hall–Kier alpha value is -2.38. The molecule has 0 saturated carbocycles. The Labute approximate surface area is 186 Å². The van der Waals surface area contributed by atoms with Crippen molar-refractivity contribution >= 4 is 41.1 Å². The molecule has 0 spiro atoms. The number of nitrogens with one attached hydrogen (secondary N) is 2. The summed E-state index contributed by atoms with van der Waals surface area (Å²) in [4.78, 5) is 25.0. The van der Waals surface area contributed by atoms with Crippen LogP contribution >= 0.6 is 23.4 Å². The fourth-order valence-corrected chi connectivity index (χ4v) is 3.69. The van der Waals surface area contributed by atoms with Gasteiger partial charge in [0.05, 0.1) is 18.7 Å². The second kappa shape index (κ2) is 11.1. The van der Waals surface area contributed by atoms with Crippen LogP contribution in [0.2, 0.25) is 5.02 Å². The molecule has 0 bridgehead atoms. The molecule has 6 nitrogen and oxygen atoms in total. The van der Waals surface area contributed by atoms with E-state index in [-0.39, 0.29) is 6.54 Å². The fraction of sp³-hybridized carbons (Fsp3) is 0.364. The van der Waals surface area contributed by atoms with Crippen molar-refractivity contribution in [3.63, 3.8) is 0 Å². The lowest BCUT2D eigenvalue weighted by molar-refractivity contribution is -0.141. The third-order valence-corrected chi connectivity index (χ3v) is 5.41. The number of hydrogen-bond donors (Lipinski definition) is 2. The number of halogens is 1. The monoisotopic (exact) mass is 450 g/mol. The highest BCUT2D eigenvalue weighted by molar-refractivity contribution is 7.98. The van der Waals surface area contributed by atoms with Crippen LogP contribution in [0.15, 0.2) is 53.4 Å². The molecule has 2 aromatic rings. The van der Waals surface area contributed by atoms with Crippen LogP contribution in [0.1, 0.15) is 26.3 Å². The lowest BCUT2D eigenvalue weighted by Crippen LogP contribution is -2.43. The molecule has 0 saturated heterocycles. The summed E-state index contributed by atoms with van der Waals surface area (Å²) in [6.45, 7) is 5.32. The van der Waals surface area contributed by atoms with Crippen LogP contribution in [0.5, 0.6) is 0 Å². The summed E-state index contributed by atoms with van der Waals surface area (Å²) in [5, 5.41) is 6.32. The molecule has 1 atom stereocenters. The fourth-order valence-electron chi connectivity index (χ4n) is 2.48. The van der Waals surface area contributed by atoms with E-state index in [1.54, 1.807) is 44.7 Å². The van der Waals surface area contributed by atoms with Gasteiger partial charge < -0.3 is 20.1 Å².